The maximum Gasteiger partial charge on any atom is 0.227 e. The minimum Gasteiger partial charge on any atom is -0.354 e. The van der Waals surface area contributed by atoms with E-state index in [1.807, 2.05) is 22.9 Å². The number of hydrogen-bond donors (Lipinski definition) is 1. The molecule has 1 aliphatic carbocycles. The lowest BCUT2D eigenvalue weighted by Crippen LogP contribution is -2.35. The van der Waals surface area contributed by atoms with Crippen LogP contribution in [0.15, 0.2) is 48.7 Å². The maximum absolute atomic E-state index is 13.2. The molecule has 3 heterocycles. The lowest BCUT2D eigenvalue weighted by molar-refractivity contribution is -0.126. The molecule has 5 rings (SSSR count). The fraction of sp³-hybridized carbons (Fsp3) is 0.360. The number of pyridine rings is 1. The first kappa shape index (κ1) is 21.3. The summed E-state index contributed by atoms with van der Waals surface area (Å²) in [5, 5.41) is 7.81. The topological polar surface area (TPSA) is 80.1 Å². The van der Waals surface area contributed by atoms with Crippen molar-refractivity contribution in [2.75, 3.05) is 18.0 Å². The number of nitrogens with zero attached hydrogens (tertiary/aromatic N) is 4. The van der Waals surface area contributed by atoms with Crippen LogP contribution in [0.25, 0.3) is 11.4 Å². The first-order chi connectivity index (χ1) is 16.1. The van der Waals surface area contributed by atoms with Crippen molar-refractivity contribution in [2.24, 2.45) is 5.92 Å². The van der Waals surface area contributed by atoms with Gasteiger partial charge in [-0.25, -0.2) is 4.39 Å². The van der Waals surface area contributed by atoms with E-state index in [-0.39, 0.29) is 24.1 Å². The van der Waals surface area contributed by atoms with Gasteiger partial charge < -0.3 is 10.2 Å². The molecule has 3 aromatic rings. The summed E-state index contributed by atoms with van der Waals surface area (Å²) in [4.78, 5) is 31.2. The number of carbonyl (C=O) groups is 2. The van der Waals surface area contributed by atoms with Crippen molar-refractivity contribution in [2.45, 2.75) is 38.6 Å². The Bertz CT molecular complexity index is 1160. The van der Waals surface area contributed by atoms with E-state index >= 15 is 0 Å². The van der Waals surface area contributed by atoms with E-state index in [0.717, 1.165) is 37.1 Å². The van der Waals surface area contributed by atoms with E-state index in [9.17, 15) is 14.0 Å². The molecule has 33 heavy (non-hydrogen) atoms. The van der Waals surface area contributed by atoms with Gasteiger partial charge in [0.1, 0.15) is 11.5 Å². The summed E-state index contributed by atoms with van der Waals surface area (Å²) in [5.41, 5.74) is 4.93. The fourth-order valence-electron chi connectivity index (χ4n) is 4.75. The van der Waals surface area contributed by atoms with E-state index in [1.54, 1.807) is 23.2 Å². The fourth-order valence-corrected chi connectivity index (χ4v) is 4.75. The Labute approximate surface area is 191 Å². The summed E-state index contributed by atoms with van der Waals surface area (Å²) < 4.78 is 15.2. The van der Waals surface area contributed by atoms with Gasteiger partial charge in [0, 0.05) is 42.7 Å². The van der Waals surface area contributed by atoms with Gasteiger partial charge in [0.05, 0.1) is 18.2 Å². The summed E-state index contributed by atoms with van der Waals surface area (Å²) in [5.74, 6) is -1.04. The maximum atomic E-state index is 13.2. The quantitative estimate of drug-likeness (QED) is 0.630. The number of amides is 2. The minimum absolute atomic E-state index is 0.122. The first-order valence-electron chi connectivity index (χ1n) is 11.4. The third kappa shape index (κ3) is 4.37. The average molecular weight is 448 g/mol. The van der Waals surface area contributed by atoms with Crippen molar-refractivity contribution in [1.29, 1.82) is 0 Å². The number of benzene rings is 1. The standard InChI is InChI=1S/C25H26FN5O2/c26-18-8-10-19(11-9-18)30-16-17(15-23(30)32)25(33)28-13-14-31-22-7-2-1-5-20(22)24(29-31)21-6-3-4-12-27-21/h3-4,6,8-12,17H,1-2,5,7,13-16H2,(H,28,33). The average Bonchev–Trinajstić information content (AvgIpc) is 3.41. The third-order valence-electron chi connectivity index (χ3n) is 6.42. The van der Waals surface area contributed by atoms with E-state index < -0.39 is 5.92 Å². The molecule has 0 spiro atoms. The van der Waals surface area contributed by atoms with E-state index in [4.69, 9.17) is 5.10 Å². The molecule has 2 aromatic heterocycles. The van der Waals surface area contributed by atoms with Gasteiger partial charge in [0.2, 0.25) is 11.8 Å². The lowest BCUT2D eigenvalue weighted by Gasteiger charge is -2.17. The summed E-state index contributed by atoms with van der Waals surface area (Å²) in [6, 6.07) is 11.6. The molecule has 1 atom stereocenters. The van der Waals surface area contributed by atoms with Gasteiger partial charge in [0.15, 0.2) is 0 Å². The lowest BCUT2D eigenvalue weighted by atomic mass is 9.95. The van der Waals surface area contributed by atoms with Crippen molar-refractivity contribution in [3.63, 3.8) is 0 Å². The van der Waals surface area contributed by atoms with Gasteiger partial charge in [-0.1, -0.05) is 6.07 Å². The van der Waals surface area contributed by atoms with E-state index in [1.165, 1.54) is 23.4 Å². The predicted octanol–water partition coefficient (Wildman–Crippen LogP) is 3.13. The van der Waals surface area contributed by atoms with Crippen LogP contribution in [-0.4, -0.2) is 39.7 Å². The summed E-state index contributed by atoms with van der Waals surface area (Å²) in [6.07, 6.45) is 6.20. The zero-order valence-electron chi connectivity index (χ0n) is 18.3. The number of nitrogens with one attached hydrogen (secondary N) is 1. The number of halogens is 1. The minimum atomic E-state index is -0.418. The molecule has 8 heteroatoms. The highest BCUT2D eigenvalue weighted by atomic mass is 19.1. The number of aromatic nitrogens is 3. The Kier molecular flexibility index (Phi) is 5.90. The van der Waals surface area contributed by atoms with Crippen LogP contribution in [0.2, 0.25) is 0 Å². The van der Waals surface area contributed by atoms with Crippen molar-refractivity contribution < 1.29 is 14.0 Å². The molecule has 1 unspecified atom stereocenters. The molecule has 1 aliphatic heterocycles. The van der Waals surface area contributed by atoms with Gasteiger partial charge in [-0.15, -0.1) is 0 Å². The molecule has 1 N–H and O–H groups in total. The van der Waals surface area contributed by atoms with Crippen LogP contribution < -0.4 is 10.2 Å². The van der Waals surface area contributed by atoms with Crippen molar-refractivity contribution in [3.8, 4) is 11.4 Å². The van der Waals surface area contributed by atoms with Gasteiger partial charge in [-0.3, -0.25) is 19.3 Å². The van der Waals surface area contributed by atoms with Crippen molar-refractivity contribution in [1.82, 2.24) is 20.1 Å². The smallest absolute Gasteiger partial charge is 0.227 e. The highest BCUT2D eigenvalue weighted by Crippen LogP contribution is 2.30. The van der Waals surface area contributed by atoms with E-state index in [2.05, 4.69) is 10.3 Å². The predicted molar refractivity (Wildman–Crippen MR) is 122 cm³/mol. The Balaban J connectivity index is 1.22. The Morgan fingerprint density at radius 3 is 2.73 bits per heavy atom. The molecular formula is C25H26FN5O2. The number of hydrogen-bond acceptors (Lipinski definition) is 4. The molecular weight excluding hydrogens is 421 g/mol. The number of rotatable bonds is 6. The molecule has 170 valence electrons. The molecule has 2 amide bonds. The molecule has 1 fully saturated rings. The van der Waals surface area contributed by atoms with Gasteiger partial charge in [0.25, 0.3) is 0 Å². The molecule has 7 nitrogen and oxygen atoms in total. The highest BCUT2D eigenvalue weighted by Gasteiger charge is 2.35. The van der Waals surface area contributed by atoms with Crippen LogP contribution in [0.4, 0.5) is 10.1 Å². The molecule has 0 radical (unpaired) electrons. The summed E-state index contributed by atoms with van der Waals surface area (Å²) in [7, 11) is 0. The third-order valence-corrected chi connectivity index (χ3v) is 6.42. The van der Waals surface area contributed by atoms with E-state index in [0.29, 0.717) is 25.3 Å². The van der Waals surface area contributed by atoms with Gasteiger partial charge in [-0.05, 0) is 62.1 Å². The van der Waals surface area contributed by atoms with Crippen LogP contribution in [0.1, 0.15) is 30.5 Å². The molecule has 1 saturated heterocycles. The Morgan fingerprint density at radius 2 is 1.94 bits per heavy atom. The van der Waals surface area contributed by atoms with Crippen LogP contribution in [0.3, 0.4) is 0 Å². The Hall–Kier alpha value is -3.55. The molecule has 0 saturated carbocycles. The number of anilines is 1. The second kappa shape index (κ2) is 9.13. The van der Waals surface area contributed by atoms with Gasteiger partial charge in [-0.2, -0.15) is 5.10 Å². The van der Waals surface area contributed by atoms with Gasteiger partial charge >= 0.3 is 0 Å². The molecule has 1 aromatic carbocycles. The zero-order valence-corrected chi connectivity index (χ0v) is 18.3. The van der Waals surface area contributed by atoms with Crippen LogP contribution in [0.5, 0.6) is 0 Å². The highest BCUT2D eigenvalue weighted by molar-refractivity contribution is 6.00. The first-order valence-corrected chi connectivity index (χ1v) is 11.4. The number of carbonyl (C=O) groups excluding carboxylic acids is 2. The SMILES string of the molecule is O=C(NCCn1nc(-c2ccccn2)c2c1CCCC2)C1CC(=O)N(c2ccc(F)cc2)C1. The second-order valence-electron chi connectivity index (χ2n) is 8.59. The second-order valence-corrected chi connectivity index (χ2v) is 8.59. The van der Waals surface area contributed by atoms with Crippen LogP contribution >= 0.6 is 0 Å². The van der Waals surface area contributed by atoms with Crippen LogP contribution in [0, 0.1) is 11.7 Å². The Morgan fingerprint density at radius 1 is 1.12 bits per heavy atom. The van der Waals surface area contributed by atoms with Crippen LogP contribution in [-0.2, 0) is 29.0 Å². The van der Waals surface area contributed by atoms with Crippen molar-refractivity contribution in [3.05, 3.63) is 65.7 Å². The zero-order chi connectivity index (χ0) is 22.8. The molecule has 2 aliphatic rings. The van der Waals surface area contributed by atoms with Crippen molar-refractivity contribution >= 4 is 17.5 Å². The number of fused-ring (bicyclic) bond motifs is 1. The normalized spacial score (nSPS) is 17.8. The largest absolute Gasteiger partial charge is 0.354 e. The monoisotopic (exact) mass is 447 g/mol. The summed E-state index contributed by atoms with van der Waals surface area (Å²) in [6.45, 7) is 1.32. The molecule has 0 bridgehead atoms. The summed E-state index contributed by atoms with van der Waals surface area (Å²) >= 11 is 0.